The van der Waals surface area contributed by atoms with Crippen LogP contribution in [0.4, 0.5) is 0 Å². The molecule has 1 fully saturated rings. The third kappa shape index (κ3) is 4.13. The lowest BCUT2D eigenvalue weighted by molar-refractivity contribution is 0.0819. The first-order valence-electron chi connectivity index (χ1n) is 5.57. The van der Waals surface area contributed by atoms with E-state index >= 15 is 0 Å². The van der Waals surface area contributed by atoms with Crippen molar-refractivity contribution >= 4 is 0 Å². The number of nitrogens with two attached hydrogens (primary N) is 1. The zero-order valence-corrected chi connectivity index (χ0v) is 8.93. The topological polar surface area (TPSA) is 35.2 Å². The Morgan fingerprint density at radius 1 is 1.21 bits per heavy atom. The second-order valence-electron chi connectivity index (χ2n) is 4.28. The van der Waals surface area contributed by atoms with E-state index in [1.807, 2.05) is 0 Å². The molecule has 80 valence electrons. The molecule has 0 radical (unpaired) electrons. The molecule has 0 aromatic carbocycles. The maximum Gasteiger partial charge on any atom is 0.0646 e. The molecule has 0 atom stereocenters. The molecule has 1 aliphatic carbocycles. The van der Waals surface area contributed by atoms with Crippen LogP contribution < -0.4 is 5.73 Å². The lowest BCUT2D eigenvalue weighted by atomic mass is 9.93. The summed E-state index contributed by atoms with van der Waals surface area (Å²) >= 11 is 0. The molecule has 14 heavy (non-hydrogen) atoms. The molecule has 0 aliphatic heterocycles. The predicted octanol–water partition coefficient (Wildman–Crippen LogP) is 2.08. The SMILES string of the molecule is C#CCCOCC1(N)CCCCCC1. The highest BCUT2D eigenvalue weighted by Gasteiger charge is 2.26. The first-order valence-corrected chi connectivity index (χ1v) is 5.57. The minimum absolute atomic E-state index is 0.0783. The number of rotatable bonds is 4. The van der Waals surface area contributed by atoms with Crippen LogP contribution in [0.25, 0.3) is 0 Å². The average Bonchev–Trinajstić information content (AvgIpc) is 2.39. The minimum Gasteiger partial charge on any atom is -0.379 e. The van der Waals surface area contributed by atoms with E-state index < -0.39 is 0 Å². The Morgan fingerprint density at radius 3 is 2.43 bits per heavy atom. The number of terminal acetylenes is 1. The summed E-state index contributed by atoms with van der Waals surface area (Å²) in [5.41, 5.74) is 6.19. The van der Waals surface area contributed by atoms with Crippen LogP contribution in [-0.4, -0.2) is 18.8 Å². The molecule has 1 rings (SSSR count). The molecule has 1 saturated carbocycles. The van der Waals surface area contributed by atoms with Crippen LogP contribution in [-0.2, 0) is 4.74 Å². The Labute approximate surface area is 87.2 Å². The Morgan fingerprint density at radius 2 is 1.86 bits per heavy atom. The van der Waals surface area contributed by atoms with Gasteiger partial charge in [0, 0.05) is 12.0 Å². The molecule has 1 aliphatic rings. The molecule has 0 amide bonds. The average molecular weight is 195 g/mol. The van der Waals surface area contributed by atoms with E-state index in [0.717, 1.165) is 12.8 Å². The Bertz CT molecular complexity index is 187. The van der Waals surface area contributed by atoms with Crippen LogP contribution in [0.3, 0.4) is 0 Å². The van der Waals surface area contributed by atoms with Crippen LogP contribution in [0, 0.1) is 12.3 Å². The van der Waals surface area contributed by atoms with Gasteiger partial charge in [0.15, 0.2) is 0 Å². The van der Waals surface area contributed by atoms with Gasteiger partial charge in [-0.2, -0.15) is 0 Å². The molecule has 0 unspecified atom stereocenters. The van der Waals surface area contributed by atoms with Crippen LogP contribution in [0.15, 0.2) is 0 Å². The Hall–Kier alpha value is -0.520. The Balaban J connectivity index is 2.21. The van der Waals surface area contributed by atoms with Gasteiger partial charge in [-0.25, -0.2) is 0 Å². The molecule has 2 heteroatoms. The normalized spacial score (nSPS) is 21.1. The van der Waals surface area contributed by atoms with Crippen LogP contribution in [0.2, 0.25) is 0 Å². The van der Waals surface area contributed by atoms with Gasteiger partial charge in [-0.1, -0.05) is 25.7 Å². The lowest BCUT2D eigenvalue weighted by Gasteiger charge is -2.27. The molecular formula is C12H21NO. The highest BCUT2D eigenvalue weighted by Crippen LogP contribution is 2.25. The van der Waals surface area contributed by atoms with Crippen LogP contribution in [0.5, 0.6) is 0 Å². The van der Waals surface area contributed by atoms with E-state index in [1.54, 1.807) is 0 Å². The highest BCUT2D eigenvalue weighted by molar-refractivity contribution is 4.87. The van der Waals surface area contributed by atoms with E-state index in [-0.39, 0.29) is 5.54 Å². The summed E-state index contributed by atoms with van der Waals surface area (Å²) in [6.07, 6.45) is 13.2. The summed E-state index contributed by atoms with van der Waals surface area (Å²) in [4.78, 5) is 0. The maximum absolute atomic E-state index is 6.26. The summed E-state index contributed by atoms with van der Waals surface area (Å²) in [5.74, 6) is 2.56. The molecule has 0 heterocycles. The van der Waals surface area contributed by atoms with Crippen molar-refractivity contribution in [2.24, 2.45) is 5.73 Å². The van der Waals surface area contributed by atoms with Gasteiger partial charge in [-0.05, 0) is 12.8 Å². The largest absolute Gasteiger partial charge is 0.379 e. The summed E-state index contributed by atoms with van der Waals surface area (Å²) in [7, 11) is 0. The summed E-state index contributed by atoms with van der Waals surface area (Å²) < 4.78 is 5.50. The van der Waals surface area contributed by atoms with Gasteiger partial charge in [0.1, 0.15) is 0 Å². The van der Waals surface area contributed by atoms with Gasteiger partial charge in [-0.15, -0.1) is 12.3 Å². The summed E-state index contributed by atoms with van der Waals surface area (Å²) in [6.45, 7) is 1.32. The zero-order chi connectivity index (χ0) is 10.3. The predicted molar refractivity (Wildman–Crippen MR) is 58.9 cm³/mol. The first-order chi connectivity index (χ1) is 6.77. The van der Waals surface area contributed by atoms with Crippen molar-refractivity contribution in [1.82, 2.24) is 0 Å². The summed E-state index contributed by atoms with van der Waals surface area (Å²) in [5, 5.41) is 0. The lowest BCUT2D eigenvalue weighted by Crippen LogP contribution is -2.44. The fourth-order valence-corrected chi connectivity index (χ4v) is 1.98. The van der Waals surface area contributed by atoms with Crippen molar-refractivity contribution < 1.29 is 4.74 Å². The fourth-order valence-electron chi connectivity index (χ4n) is 1.98. The number of hydrogen-bond donors (Lipinski definition) is 1. The molecule has 0 spiro atoms. The van der Waals surface area contributed by atoms with Gasteiger partial charge >= 0.3 is 0 Å². The zero-order valence-electron chi connectivity index (χ0n) is 8.93. The van der Waals surface area contributed by atoms with Crippen LogP contribution in [0.1, 0.15) is 44.9 Å². The standard InChI is InChI=1S/C12H21NO/c1-2-3-10-14-11-12(13)8-6-4-5-7-9-12/h1H,3-11,13H2. The molecular weight excluding hydrogens is 174 g/mol. The number of hydrogen-bond acceptors (Lipinski definition) is 2. The monoisotopic (exact) mass is 195 g/mol. The third-order valence-corrected chi connectivity index (χ3v) is 2.88. The molecule has 0 aromatic heterocycles. The molecule has 0 saturated heterocycles. The van der Waals surface area contributed by atoms with E-state index in [1.165, 1.54) is 25.7 Å². The molecule has 2 N–H and O–H groups in total. The van der Waals surface area contributed by atoms with E-state index in [2.05, 4.69) is 5.92 Å². The van der Waals surface area contributed by atoms with Gasteiger partial charge in [-0.3, -0.25) is 0 Å². The van der Waals surface area contributed by atoms with Crippen molar-refractivity contribution in [2.75, 3.05) is 13.2 Å². The van der Waals surface area contributed by atoms with Gasteiger partial charge < -0.3 is 10.5 Å². The highest BCUT2D eigenvalue weighted by atomic mass is 16.5. The van der Waals surface area contributed by atoms with Crippen molar-refractivity contribution in [3.63, 3.8) is 0 Å². The Kier molecular flexibility index (Phi) is 5.00. The number of ether oxygens (including phenoxy) is 1. The second kappa shape index (κ2) is 6.06. The van der Waals surface area contributed by atoms with E-state index in [9.17, 15) is 0 Å². The maximum atomic E-state index is 6.26. The quantitative estimate of drug-likeness (QED) is 0.423. The van der Waals surface area contributed by atoms with Gasteiger partial charge in [0.2, 0.25) is 0 Å². The minimum atomic E-state index is -0.0783. The molecule has 2 nitrogen and oxygen atoms in total. The second-order valence-corrected chi connectivity index (χ2v) is 4.28. The molecule has 0 aromatic rings. The van der Waals surface area contributed by atoms with E-state index in [0.29, 0.717) is 19.6 Å². The fraction of sp³-hybridized carbons (Fsp3) is 0.833. The first kappa shape index (κ1) is 11.6. The summed E-state index contributed by atoms with van der Waals surface area (Å²) in [6, 6.07) is 0. The van der Waals surface area contributed by atoms with E-state index in [4.69, 9.17) is 16.9 Å². The molecule has 0 bridgehead atoms. The van der Waals surface area contributed by atoms with Crippen molar-refractivity contribution in [2.45, 2.75) is 50.5 Å². The third-order valence-electron chi connectivity index (χ3n) is 2.88. The van der Waals surface area contributed by atoms with Gasteiger partial charge in [0.05, 0.1) is 13.2 Å². The van der Waals surface area contributed by atoms with Crippen LogP contribution >= 0.6 is 0 Å². The van der Waals surface area contributed by atoms with Crippen molar-refractivity contribution in [3.8, 4) is 12.3 Å². The van der Waals surface area contributed by atoms with Crippen molar-refractivity contribution in [3.05, 3.63) is 0 Å². The smallest absolute Gasteiger partial charge is 0.0646 e. The van der Waals surface area contributed by atoms with Crippen molar-refractivity contribution in [1.29, 1.82) is 0 Å². The van der Waals surface area contributed by atoms with Gasteiger partial charge in [0.25, 0.3) is 0 Å².